The standard InChI is InChI=1S/C12H14O2/c1-9-5-7-10(8-6-9)11-3-2-4-12(13)14-11/h5-8,11H,2-4H2,1H3/t11-/m1/s1. The predicted octanol–water partition coefficient (Wildman–Crippen LogP) is 2.76. The third-order valence-electron chi connectivity index (χ3n) is 2.57. The molecule has 1 atom stereocenters. The monoisotopic (exact) mass is 190 g/mol. The highest BCUT2D eigenvalue weighted by molar-refractivity contribution is 5.70. The Hall–Kier alpha value is -1.31. The Morgan fingerprint density at radius 2 is 2.00 bits per heavy atom. The lowest BCUT2D eigenvalue weighted by Gasteiger charge is -2.22. The average molecular weight is 190 g/mol. The zero-order valence-electron chi connectivity index (χ0n) is 8.32. The molecule has 0 amide bonds. The van der Waals surface area contributed by atoms with Gasteiger partial charge in [-0.25, -0.2) is 0 Å². The van der Waals surface area contributed by atoms with Crippen LogP contribution in [0, 0.1) is 6.92 Å². The molecule has 14 heavy (non-hydrogen) atoms. The summed E-state index contributed by atoms with van der Waals surface area (Å²) >= 11 is 0. The Kier molecular flexibility index (Phi) is 2.53. The molecule has 1 aromatic rings. The van der Waals surface area contributed by atoms with Crippen molar-refractivity contribution >= 4 is 5.97 Å². The largest absolute Gasteiger partial charge is 0.457 e. The normalized spacial score (nSPS) is 21.8. The van der Waals surface area contributed by atoms with Crippen molar-refractivity contribution in [3.05, 3.63) is 35.4 Å². The lowest BCUT2D eigenvalue weighted by Crippen LogP contribution is -2.16. The highest BCUT2D eigenvalue weighted by atomic mass is 16.5. The van der Waals surface area contributed by atoms with E-state index in [1.165, 1.54) is 5.56 Å². The number of cyclic esters (lactones) is 1. The Balaban J connectivity index is 2.14. The SMILES string of the molecule is Cc1ccc([C@H]2CCCC(=O)O2)cc1. The zero-order chi connectivity index (χ0) is 9.97. The van der Waals surface area contributed by atoms with Crippen LogP contribution in [0.1, 0.15) is 36.5 Å². The van der Waals surface area contributed by atoms with Crippen LogP contribution >= 0.6 is 0 Å². The van der Waals surface area contributed by atoms with Crippen LogP contribution in [0.3, 0.4) is 0 Å². The van der Waals surface area contributed by atoms with Crippen LogP contribution in [0.15, 0.2) is 24.3 Å². The van der Waals surface area contributed by atoms with Crippen molar-refractivity contribution in [3.8, 4) is 0 Å². The van der Waals surface area contributed by atoms with Gasteiger partial charge in [0, 0.05) is 6.42 Å². The number of aryl methyl sites for hydroxylation is 1. The molecule has 0 radical (unpaired) electrons. The van der Waals surface area contributed by atoms with Crippen LogP contribution in [-0.4, -0.2) is 5.97 Å². The third kappa shape index (κ3) is 1.95. The maximum Gasteiger partial charge on any atom is 0.306 e. The lowest BCUT2D eigenvalue weighted by molar-refractivity contribution is -0.154. The summed E-state index contributed by atoms with van der Waals surface area (Å²) in [5, 5.41) is 0. The van der Waals surface area contributed by atoms with Gasteiger partial charge in [-0.3, -0.25) is 4.79 Å². The summed E-state index contributed by atoms with van der Waals surface area (Å²) in [6.07, 6.45) is 2.45. The van der Waals surface area contributed by atoms with Gasteiger partial charge in [0.2, 0.25) is 0 Å². The fraction of sp³-hybridized carbons (Fsp3) is 0.417. The molecule has 0 spiro atoms. The number of ether oxygens (including phenoxy) is 1. The van der Waals surface area contributed by atoms with E-state index in [-0.39, 0.29) is 12.1 Å². The Morgan fingerprint density at radius 1 is 1.29 bits per heavy atom. The number of hydrogen-bond donors (Lipinski definition) is 0. The van der Waals surface area contributed by atoms with Gasteiger partial charge in [-0.1, -0.05) is 29.8 Å². The second-order valence-electron chi connectivity index (χ2n) is 3.78. The maximum absolute atomic E-state index is 11.1. The molecule has 1 saturated heterocycles. The average Bonchev–Trinajstić information content (AvgIpc) is 2.19. The van der Waals surface area contributed by atoms with Crippen LogP contribution in [-0.2, 0) is 9.53 Å². The molecule has 2 nitrogen and oxygen atoms in total. The van der Waals surface area contributed by atoms with Crippen LogP contribution in [0.4, 0.5) is 0 Å². The van der Waals surface area contributed by atoms with Gasteiger partial charge in [0.1, 0.15) is 6.10 Å². The van der Waals surface area contributed by atoms with E-state index in [0.29, 0.717) is 6.42 Å². The smallest absolute Gasteiger partial charge is 0.306 e. The van der Waals surface area contributed by atoms with E-state index in [0.717, 1.165) is 18.4 Å². The maximum atomic E-state index is 11.1. The van der Waals surface area contributed by atoms with Crippen LogP contribution < -0.4 is 0 Å². The van der Waals surface area contributed by atoms with E-state index in [4.69, 9.17) is 4.74 Å². The minimum absolute atomic E-state index is 0.0168. The summed E-state index contributed by atoms with van der Waals surface area (Å²) in [4.78, 5) is 11.1. The molecule has 0 aliphatic carbocycles. The van der Waals surface area contributed by atoms with Gasteiger partial charge >= 0.3 is 5.97 Å². The molecular formula is C12H14O2. The first kappa shape index (κ1) is 9.25. The zero-order valence-corrected chi connectivity index (χ0v) is 8.32. The summed E-state index contributed by atoms with van der Waals surface area (Å²) < 4.78 is 5.27. The molecule has 1 fully saturated rings. The van der Waals surface area contributed by atoms with Crippen molar-refractivity contribution < 1.29 is 9.53 Å². The van der Waals surface area contributed by atoms with E-state index in [2.05, 4.69) is 19.1 Å². The molecule has 0 bridgehead atoms. The number of esters is 1. The Labute approximate surface area is 83.9 Å². The summed E-state index contributed by atoms with van der Waals surface area (Å²) in [7, 11) is 0. The first-order valence-electron chi connectivity index (χ1n) is 5.02. The number of hydrogen-bond acceptors (Lipinski definition) is 2. The molecule has 1 aromatic carbocycles. The van der Waals surface area contributed by atoms with Crippen molar-refractivity contribution in [1.29, 1.82) is 0 Å². The predicted molar refractivity (Wildman–Crippen MR) is 53.9 cm³/mol. The topological polar surface area (TPSA) is 26.3 Å². The van der Waals surface area contributed by atoms with E-state index in [1.54, 1.807) is 0 Å². The van der Waals surface area contributed by atoms with Crippen LogP contribution in [0.2, 0.25) is 0 Å². The summed E-state index contributed by atoms with van der Waals surface area (Å²) in [6, 6.07) is 8.19. The summed E-state index contributed by atoms with van der Waals surface area (Å²) in [5.41, 5.74) is 2.35. The first-order chi connectivity index (χ1) is 6.75. The van der Waals surface area contributed by atoms with Gasteiger partial charge in [-0.15, -0.1) is 0 Å². The third-order valence-corrected chi connectivity index (χ3v) is 2.57. The number of carbonyl (C=O) groups is 1. The van der Waals surface area contributed by atoms with Gasteiger partial charge in [0.05, 0.1) is 0 Å². The molecule has 0 unspecified atom stereocenters. The quantitative estimate of drug-likeness (QED) is 0.636. The van der Waals surface area contributed by atoms with Crippen molar-refractivity contribution in [1.82, 2.24) is 0 Å². The summed E-state index contributed by atoms with van der Waals surface area (Å²) in [6.45, 7) is 2.05. The minimum atomic E-state index is -0.0678. The number of benzene rings is 1. The van der Waals surface area contributed by atoms with Crippen LogP contribution in [0.5, 0.6) is 0 Å². The fourth-order valence-electron chi connectivity index (χ4n) is 1.72. The molecule has 2 heteroatoms. The van der Waals surface area contributed by atoms with Crippen molar-refractivity contribution in [3.63, 3.8) is 0 Å². The van der Waals surface area contributed by atoms with Crippen molar-refractivity contribution in [2.24, 2.45) is 0 Å². The minimum Gasteiger partial charge on any atom is -0.457 e. The van der Waals surface area contributed by atoms with Gasteiger partial charge in [0.25, 0.3) is 0 Å². The molecule has 0 N–H and O–H groups in total. The first-order valence-corrected chi connectivity index (χ1v) is 5.02. The van der Waals surface area contributed by atoms with Gasteiger partial charge < -0.3 is 4.74 Å². The molecule has 74 valence electrons. The van der Waals surface area contributed by atoms with E-state index < -0.39 is 0 Å². The van der Waals surface area contributed by atoms with Crippen molar-refractivity contribution in [2.45, 2.75) is 32.3 Å². The number of rotatable bonds is 1. The highest BCUT2D eigenvalue weighted by Crippen LogP contribution is 2.28. The molecule has 0 saturated carbocycles. The Morgan fingerprint density at radius 3 is 2.64 bits per heavy atom. The molecule has 1 aliphatic rings. The molecular weight excluding hydrogens is 176 g/mol. The van der Waals surface area contributed by atoms with Gasteiger partial charge in [-0.05, 0) is 25.3 Å². The van der Waals surface area contributed by atoms with Gasteiger partial charge in [0.15, 0.2) is 0 Å². The second-order valence-corrected chi connectivity index (χ2v) is 3.78. The molecule has 1 heterocycles. The molecule has 0 aromatic heterocycles. The van der Waals surface area contributed by atoms with Crippen molar-refractivity contribution in [2.75, 3.05) is 0 Å². The van der Waals surface area contributed by atoms with E-state index in [1.807, 2.05) is 12.1 Å². The summed E-state index contributed by atoms with van der Waals surface area (Å²) in [5.74, 6) is -0.0678. The van der Waals surface area contributed by atoms with E-state index >= 15 is 0 Å². The number of carbonyl (C=O) groups excluding carboxylic acids is 1. The Bertz CT molecular complexity index is 327. The highest BCUT2D eigenvalue weighted by Gasteiger charge is 2.21. The van der Waals surface area contributed by atoms with Gasteiger partial charge in [-0.2, -0.15) is 0 Å². The second kappa shape index (κ2) is 3.82. The van der Waals surface area contributed by atoms with E-state index in [9.17, 15) is 4.79 Å². The molecule has 2 rings (SSSR count). The van der Waals surface area contributed by atoms with Crippen LogP contribution in [0.25, 0.3) is 0 Å². The molecule has 1 aliphatic heterocycles. The fourth-order valence-corrected chi connectivity index (χ4v) is 1.72. The lowest BCUT2D eigenvalue weighted by atomic mass is 10.0.